The summed E-state index contributed by atoms with van der Waals surface area (Å²) >= 11 is 3.15. The summed E-state index contributed by atoms with van der Waals surface area (Å²) in [6, 6.07) is 1.38. The summed E-state index contributed by atoms with van der Waals surface area (Å²) in [5, 5.41) is 9.45. The van der Waals surface area contributed by atoms with Gasteiger partial charge in [-0.2, -0.15) is 5.10 Å². The Balaban J connectivity index is 1.78. The van der Waals surface area contributed by atoms with Crippen LogP contribution in [0.4, 0.5) is 10.2 Å². The van der Waals surface area contributed by atoms with Crippen LogP contribution in [0.15, 0.2) is 23.1 Å². The molecule has 0 amide bonds. The second-order valence-electron chi connectivity index (χ2n) is 3.45. The van der Waals surface area contributed by atoms with E-state index in [-0.39, 0.29) is 11.6 Å². The molecule has 2 N–H and O–H groups in total. The maximum atomic E-state index is 13.4. The largest absolute Gasteiger partial charge is 0.368 e. The Labute approximate surface area is 106 Å². The number of hydrogen-bond acceptors (Lipinski definition) is 4. The van der Waals surface area contributed by atoms with Gasteiger partial charge in [-0.1, -0.05) is 0 Å². The minimum absolute atomic E-state index is 0.269. The standard InChI is InChI=1S/C10H11BrFN5/c11-7-4-8(12)10(14-5-7)13-3-1-2-9-15-6-16-17-9/h4-6H,1-3H2,(H,13,14)(H,15,16,17). The van der Waals surface area contributed by atoms with Crippen LogP contribution in [-0.2, 0) is 6.42 Å². The molecule has 0 atom stereocenters. The predicted molar refractivity (Wildman–Crippen MR) is 65.1 cm³/mol. The van der Waals surface area contributed by atoms with Crippen LogP contribution >= 0.6 is 15.9 Å². The van der Waals surface area contributed by atoms with Crippen LogP contribution in [0, 0.1) is 5.82 Å². The molecule has 0 unspecified atom stereocenters. The van der Waals surface area contributed by atoms with Gasteiger partial charge in [0.1, 0.15) is 12.2 Å². The van der Waals surface area contributed by atoms with Gasteiger partial charge in [0.15, 0.2) is 11.6 Å². The number of rotatable bonds is 5. The SMILES string of the molecule is Fc1cc(Br)cnc1NCCCc1ncn[nH]1. The summed E-state index contributed by atoms with van der Waals surface area (Å²) in [6.45, 7) is 0.631. The molecule has 0 aromatic carbocycles. The van der Waals surface area contributed by atoms with E-state index in [1.807, 2.05) is 0 Å². The van der Waals surface area contributed by atoms with Crippen molar-refractivity contribution in [3.05, 3.63) is 34.7 Å². The molecule has 2 rings (SSSR count). The van der Waals surface area contributed by atoms with Gasteiger partial charge < -0.3 is 5.32 Å². The summed E-state index contributed by atoms with van der Waals surface area (Å²) in [5.74, 6) is 0.737. The average molecular weight is 300 g/mol. The number of nitrogens with one attached hydrogen (secondary N) is 2. The highest BCUT2D eigenvalue weighted by molar-refractivity contribution is 9.10. The van der Waals surface area contributed by atoms with Crippen molar-refractivity contribution in [3.8, 4) is 0 Å². The lowest BCUT2D eigenvalue weighted by molar-refractivity contribution is 0.622. The Morgan fingerprint density at radius 3 is 3.00 bits per heavy atom. The molecular weight excluding hydrogens is 289 g/mol. The van der Waals surface area contributed by atoms with Crippen LogP contribution < -0.4 is 5.32 Å². The number of anilines is 1. The van der Waals surface area contributed by atoms with Crippen molar-refractivity contribution < 1.29 is 4.39 Å². The first-order valence-corrected chi connectivity index (χ1v) is 5.94. The summed E-state index contributed by atoms with van der Waals surface area (Å²) in [6.07, 6.45) is 4.62. The first-order valence-electron chi connectivity index (χ1n) is 5.15. The average Bonchev–Trinajstić information content (AvgIpc) is 2.79. The molecule has 0 aliphatic carbocycles. The van der Waals surface area contributed by atoms with E-state index in [1.54, 1.807) is 6.20 Å². The number of halogens is 2. The molecule has 0 saturated carbocycles. The molecular formula is C10H11BrFN5. The Hall–Kier alpha value is -1.50. The maximum Gasteiger partial charge on any atom is 0.166 e. The monoisotopic (exact) mass is 299 g/mol. The van der Waals surface area contributed by atoms with Crippen LogP contribution in [0.2, 0.25) is 0 Å². The Morgan fingerprint density at radius 1 is 1.41 bits per heavy atom. The number of hydrogen-bond donors (Lipinski definition) is 2. The fraction of sp³-hybridized carbons (Fsp3) is 0.300. The third-order valence-corrected chi connectivity index (χ3v) is 2.59. The molecule has 0 fully saturated rings. The molecule has 5 nitrogen and oxygen atoms in total. The Bertz CT molecular complexity index is 474. The highest BCUT2D eigenvalue weighted by Gasteiger charge is 2.03. The topological polar surface area (TPSA) is 66.5 Å². The van der Waals surface area contributed by atoms with Crippen molar-refractivity contribution in [2.45, 2.75) is 12.8 Å². The molecule has 0 spiro atoms. The summed E-state index contributed by atoms with van der Waals surface area (Å²) in [4.78, 5) is 7.94. The van der Waals surface area contributed by atoms with Crippen LogP contribution in [0.25, 0.3) is 0 Å². The normalized spacial score (nSPS) is 10.5. The van der Waals surface area contributed by atoms with Crippen molar-refractivity contribution in [1.29, 1.82) is 0 Å². The second-order valence-corrected chi connectivity index (χ2v) is 4.36. The van der Waals surface area contributed by atoms with Crippen molar-refractivity contribution in [2.24, 2.45) is 0 Å². The quantitative estimate of drug-likeness (QED) is 0.830. The molecule has 90 valence electrons. The van der Waals surface area contributed by atoms with E-state index in [1.165, 1.54) is 12.4 Å². The third-order valence-electron chi connectivity index (χ3n) is 2.16. The molecule has 0 bridgehead atoms. The van der Waals surface area contributed by atoms with Crippen molar-refractivity contribution in [1.82, 2.24) is 20.2 Å². The van der Waals surface area contributed by atoms with Gasteiger partial charge in [0, 0.05) is 23.6 Å². The van der Waals surface area contributed by atoms with Gasteiger partial charge in [-0.15, -0.1) is 0 Å². The van der Waals surface area contributed by atoms with E-state index < -0.39 is 0 Å². The maximum absolute atomic E-state index is 13.4. The van der Waals surface area contributed by atoms with Crippen LogP contribution in [0.1, 0.15) is 12.2 Å². The first-order chi connectivity index (χ1) is 8.25. The lowest BCUT2D eigenvalue weighted by Gasteiger charge is -2.05. The molecule has 0 saturated heterocycles. The van der Waals surface area contributed by atoms with E-state index >= 15 is 0 Å². The van der Waals surface area contributed by atoms with E-state index in [0.717, 1.165) is 18.7 Å². The third kappa shape index (κ3) is 3.48. The first kappa shape index (κ1) is 12.0. The Morgan fingerprint density at radius 2 is 2.29 bits per heavy atom. The predicted octanol–water partition coefficient (Wildman–Crippen LogP) is 2.15. The zero-order chi connectivity index (χ0) is 12.1. The molecule has 17 heavy (non-hydrogen) atoms. The van der Waals surface area contributed by atoms with Gasteiger partial charge in [-0.25, -0.2) is 14.4 Å². The van der Waals surface area contributed by atoms with E-state index in [0.29, 0.717) is 11.0 Å². The Kier molecular flexibility index (Phi) is 4.03. The second kappa shape index (κ2) is 5.72. The highest BCUT2D eigenvalue weighted by Crippen LogP contribution is 2.15. The van der Waals surface area contributed by atoms with Crippen LogP contribution in [0.3, 0.4) is 0 Å². The number of aryl methyl sites for hydroxylation is 1. The molecule has 0 aliphatic heterocycles. The molecule has 0 radical (unpaired) electrons. The number of pyridine rings is 1. The van der Waals surface area contributed by atoms with Crippen molar-refractivity contribution >= 4 is 21.7 Å². The minimum atomic E-state index is -0.362. The summed E-state index contributed by atoms with van der Waals surface area (Å²) in [5.41, 5.74) is 0. The molecule has 2 aromatic heterocycles. The van der Waals surface area contributed by atoms with Crippen LogP contribution in [-0.4, -0.2) is 26.7 Å². The molecule has 2 heterocycles. The molecule has 2 aromatic rings. The zero-order valence-corrected chi connectivity index (χ0v) is 10.5. The van der Waals surface area contributed by atoms with E-state index in [9.17, 15) is 4.39 Å². The summed E-state index contributed by atoms with van der Waals surface area (Å²) in [7, 11) is 0. The number of aromatic nitrogens is 4. The van der Waals surface area contributed by atoms with Crippen LogP contribution in [0.5, 0.6) is 0 Å². The lowest BCUT2D eigenvalue weighted by Crippen LogP contribution is -2.06. The fourth-order valence-corrected chi connectivity index (χ4v) is 1.66. The van der Waals surface area contributed by atoms with Crippen molar-refractivity contribution in [2.75, 3.05) is 11.9 Å². The summed E-state index contributed by atoms with van der Waals surface area (Å²) < 4.78 is 14.0. The lowest BCUT2D eigenvalue weighted by atomic mass is 10.3. The van der Waals surface area contributed by atoms with E-state index in [4.69, 9.17) is 0 Å². The molecule has 7 heteroatoms. The van der Waals surface area contributed by atoms with Gasteiger partial charge in [-0.3, -0.25) is 5.10 Å². The van der Waals surface area contributed by atoms with Gasteiger partial charge in [-0.05, 0) is 28.4 Å². The highest BCUT2D eigenvalue weighted by atomic mass is 79.9. The van der Waals surface area contributed by atoms with Gasteiger partial charge in [0.05, 0.1) is 0 Å². The number of H-pyrrole nitrogens is 1. The smallest absolute Gasteiger partial charge is 0.166 e. The fourth-order valence-electron chi connectivity index (χ4n) is 1.36. The van der Waals surface area contributed by atoms with Gasteiger partial charge in [0.2, 0.25) is 0 Å². The minimum Gasteiger partial charge on any atom is -0.368 e. The van der Waals surface area contributed by atoms with E-state index in [2.05, 4.69) is 41.4 Å². The number of nitrogens with zero attached hydrogens (tertiary/aromatic N) is 3. The van der Waals surface area contributed by atoms with Gasteiger partial charge >= 0.3 is 0 Å². The molecule has 0 aliphatic rings. The van der Waals surface area contributed by atoms with Crippen molar-refractivity contribution in [3.63, 3.8) is 0 Å². The van der Waals surface area contributed by atoms with Gasteiger partial charge in [0.25, 0.3) is 0 Å². The number of aromatic amines is 1. The zero-order valence-electron chi connectivity index (χ0n) is 8.95.